The van der Waals surface area contributed by atoms with Crippen molar-refractivity contribution in [2.24, 2.45) is 0 Å². The van der Waals surface area contributed by atoms with Gasteiger partial charge in [-0.15, -0.1) is 0 Å². The highest BCUT2D eigenvalue weighted by molar-refractivity contribution is 5.88. The third kappa shape index (κ3) is 14.6. The second kappa shape index (κ2) is 31.4. The number of hydrogen-bond acceptors (Lipinski definition) is 26. The number of methoxy groups -OCH3 is 3. The van der Waals surface area contributed by atoms with Crippen molar-refractivity contribution >= 4 is 51.1 Å². The molecule has 9 atom stereocenters. The van der Waals surface area contributed by atoms with E-state index in [4.69, 9.17) is 39.1 Å². The Labute approximate surface area is 673 Å². The maximum absolute atomic E-state index is 13.9. The molecule has 29 nitrogen and oxygen atoms in total. The summed E-state index contributed by atoms with van der Waals surface area (Å²) in [7, 11) is 4.88. The number of fused-ring (bicyclic) bond motifs is 9. The van der Waals surface area contributed by atoms with E-state index in [2.05, 4.69) is 108 Å². The zero-order valence-electron chi connectivity index (χ0n) is 65.0. The van der Waals surface area contributed by atoms with Gasteiger partial charge in [0.15, 0.2) is 0 Å². The number of aromatic nitrogens is 14. The van der Waals surface area contributed by atoms with Gasteiger partial charge in [0.1, 0.15) is 54.2 Å². The van der Waals surface area contributed by atoms with Crippen molar-refractivity contribution in [3.63, 3.8) is 0 Å². The molecule has 32 heteroatoms. The Morgan fingerprint density at radius 3 is 0.991 bits per heavy atom. The van der Waals surface area contributed by atoms with Crippen molar-refractivity contribution in [3.05, 3.63) is 187 Å². The van der Waals surface area contributed by atoms with Gasteiger partial charge in [-0.3, -0.25) is 24.7 Å². The topological polar surface area (TPSA) is 283 Å². The number of rotatable bonds is 18. The average Bonchev–Trinajstić information content (AvgIpc) is 1.57. The molecule has 0 N–H and O–H groups in total. The number of piperazine rings is 3. The van der Waals surface area contributed by atoms with Crippen LogP contribution in [0.25, 0.3) is 50.2 Å². The molecule has 117 heavy (non-hydrogen) atoms. The average molecular weight is 1580 g/mol. The van der Waals surface area contributed by atoms with Gasteiger partial charge in [0.2, 0.25) is 17.6 Å². The highest BCUT2D eigenvalue weighted by atomic mass is 19.1. The third-order valence-corrected chi connectivity index (χ3v) is 24.6. The molecule has 0 amide bonds. The van der Waals surface area contributed by atoms with E-state index in [0.29, 0.717) is 152 Å². The van der Waals surface area contributed by atoms with Gasteiger partial charge in [0.05, 0.1) is 145 Å². The van der Waals surface area contributed by atoms with Crippen LogP contribution in [0.5, 0.6) is 17.6 Å². The van der Waals surface area contributed by atoms with Crippen molar-refractivity contribution in [2.75, 3.05) is 129 Å². The van der Waals surface area contributed by atoms with Crippen molar-refractivity contribution in [1.82, 2.24) is 83.4 Å². The lowest BCUT2D eigenvalue weighted by molar-refractivity contribution is -0.00881. The first-order chi connectivity index (χ1) is 57.3. The molecule has 24 heterocycles. The third-order valence-electron chi connectivity index (χ3n) is 24.6. The molecule has 0 aromatic carbocycles. The Morgan fingerprint density at radius 1 is 0.359 bits per heavy atom. The number of anilines is 6. The Balaban J connectivity index is 0.000000117. The minimum absolute atomic E-state index is 0.352. The van der Waals surface area contributed by atoms with Crippen LogP contribution >= 0.6 is 0 Å². The lowest BCUT2D eigenvalue weighted by Gasteiger charge is -2.56. The highest BCUT2D eigenvalue weighted by Crippen LogP contribution is 2.42. The number of hydrogen-bond donors (Lipinski definition) is 0. The number of ether oxygens (including phenoxy) is 3. The number of nitrogens with zero attached hydrogens (tertiary/aromatic N) is 26. The fourth-order valence-corrected chi connectivity index (χ4v) is 18.4. The van der Waals surface area contributed by atoms with Crippen molar-refractivity contribution in [3.8, 4) is 69.5 Å². The minimum Gasteiger partial charge on any atom is -0.481 e. The number of pyridine rings is 7. The summed E-state index contributed by atoms with van der Waals surface area (Å²) in [5.74, 6) is 4.55. The Bertz CT molecular complexity index is 5170. The molecule has 12 aliphatic rings. The quantitative estimate of drug-likeness (QED) is 0.0772. The Morgan fingerprint density at radius 2 is 0.701 bits per heavy atom. The minimum atomic E-state index is -0.838. The molecule has 0 saturated carbocycles. The molecule has 6 bridgehead atoms. The smallest absolute Gasteiger partial charge is 0.212 e. The van der Waals surface area contributed by atoms with Crippen LogP contribution in [-0.4, -0.2) is 238 Å². The molecule has 12 saturated heterocycles. The van der Waals surface area contributed by atoms with E-state index in [0.717, 1.165) is 121 Å². The standard InChI is InChI=1S/C29H29FN8O.2C28H28FN9O/c1-39-28-5-2-19(11-33-28)14-37-24-8-25(37)17-36(16-24)27-4-3-20(12-32-27)26-9-23(35-7-6-22(30)15-35)18-38-29(26)21(10-31)13-34-38;2*1-39-27-3-2-18(9-33-27)13-37-22-6-23(37)16-36(15-22)26-12-31-25(11-32-26)24-7-21(35-5-4-20(29)14-35)17-38-28(24)19(8-30)10-34-38/h2-5,9,11-13,18,22,24-25H,6-8,14-17H2,1H3;2*2-3,7,9-12,17,20,22-23H,4-6,13-16H2,1H3/t22-,24?,25?;2*20-,22?,23?/m110/s1. The first kappa shape index (κ1) is 74.3. The lowest BCUT2D eigenvalue weighted by Crippen LogP contribution is -2.68. The van der Waals surface area contributed by atoms with Crippen molar-refractivity contribution < 1.29 is 27.4 Å². The Hall–Kier alpha value is -12.8. The zero-order valence-corrected chi connectivity index (χ0v) is 65.0. The summed E-state index contributed by atoms with van der Waals surface area (Å²) in [6.07, 6.45) is 27.6. The molecule has 0 radical (unpaired) electrons. The van der Waals surface area contributed by atoms with Gasteiger partial charge in [0, 0.05) is 200 Å². The first-order valence-corrected chi connectivity index (χ1v) is 39.8. The van der Waals surface area contributed by atoms with Crippen LogP contribution in [-0.2, 0) is 19.6 Å². The lowest BCUT2D eigenvalue weighted by atomic mass is 9.87. The monoisotopic (exact) mass is 1570 g/mol. The molecule has 24 rings (SSSR count). The number of halogens is 3. The van der Waals surface area contributed by atoms with E-state index in [1.807, 2.05) is 107 Å². The molecule has 6 unspecified atom stereocenters. The summed E-state index contributed by atoms with van der Waals surface area (Å²) in [5.41, 5.74) is 14.4. The molecule has 12 fully saturated rings. The zero-order chi connectivity index (χ0) is 79.5. The normalized spacial score (nSPS) is 22.6. The first-order valence-electron chi connectivity index (χ1n) is 39.8. The van der Waals surface area contributed by atoms with Gasteiger partial charge in [0.25, 0.3) is 0 Å². The fraction of sp³-hybridized carbons (Fsp3) is 0.388. The van der Waals surface area contributed by atoms with Gasteiger partial charge < -0.3 is 43.6 Å². The molecular weight excluding hydrogens is 1490 g/mol. The van der Waals surface area contributed by atoms with Crippen LogP contribution in [0, 0.1) is 34.0 Å². The maximum atomic E-state index is 13.9. The fourth-order valence-electron chi connectivity index (χ4n) is 18.4. The van der Waals surface area contributed by atoms with Crippen LogP contribution < -0.4 is 43.6 Å². The summed E-state index contributed by atoms with van der Waals surface area (Å²) >= 11 is 0. The number of alkyl halides is 3. The predicted octanol–water partition coefficient (Wildman–Crippen LogP) is 9.84. The Kier molecular flexibility index (Phi) is 19.9. The van der Waals surface area contributed by atoms with Crippen LogP contribution in [0.4, 0.5) is 47.7 Å². The molecular formula is C85H85F3N26O3. The number of nitriles is 3. The van der Waals surface area contributed by atoms with E-state index in [9.17, 15) is 29.0 Å². The van der Waals surface area contributed by atoms with Gasteiger partial charge in [-0.1, -0.05) is 18.2 Å². The second-order valence-electron chi connectivity index (χ2n) is 31.6. The summed E-state index contributed by atoms with van der Waals surface area (Å²) in [6, 6.07) is 31.6. The van der Waals surface area contributed by atoms with E-state index in [1.165, 1.54) is 36.0 Å². The van der Waals surface area contributed by atoms with Gasteiger partial charge in [-0.05, 0) is 85.5 Å². The molecule has 0 spiro atoms. The molecule has 12 aromatic heterocycles. The van der Waals surface area contributed by atoms with E-state index < -0.39 is 18.5 Å². The van der Waals surface area contributed by atoms with Gasteiger partial charge >= 0.3 is 0 Å². The van der Waals surface area contributed by atoms with Gasteiger partial charge in [-0.25, -0.2) is 56.6 Å². The predicted molar refractivity (Wildman–Crippen MR) is 432 cm³/mol. The summed E-state index contributed by atoms with van der Waals surface area (Å²) in [6.45, 7) is 11.1. The molecule has 12 aromatic rings. The SMILES string of the molecule is COc1ccc(CN2C3CC2CN(c2ccc(-c4cc(N5CC[C@@H](F)C5)cn5ncc(C#N)c45)cn2)C3)cn1.COc1ccc(CN2C3CC2CN(c2cnc(-c4cc(N5CC[C@@H](F)C5)cn5ncc(C#N)c45)cn2)C3)cn1.COc1ccc(CN2C3CC2CN(c2cnc(-c4cc(N5CC[C@H](F)C5)cn5ncc(C#N)c45)cn2)C3)cn1. The van der Waals surface area contributed by atoms with E-state index in [-0.39, 0.29) is 0 Å². The maximum Gasteiger partial charge on any atom is 0.212 e. The number of piperidine rings is 3. The molecule has 594 valence electrons. The second-order valence-corrected chi connectivity index (χ2v) is 31.6. The van der Waals surface area contributed by atoms with Crippen LogP contribution in [0.1, 0.15) is 71.9 Å². The van der Waals surface area contributed by atoms with Crippen LogP contribution in [0.15, 0.2) is 153 Å². The molecule has 12 aliphatic heterocycles. The summed E-state index contributed by atoms with van der Waals surface area (Å²) < 4.78 is 62.4. The summed E-state index contributed by atoms with van der Waals surface area (Å²) in [5, 5.41) is 42.2. The highest BCUT2D eigenvalue weighted by Gasteiger charge is 2.48. The van der Waals surface area contributed by atoms with Crippen LogP contribution in [0.3, 0.4) is 0 Å². The largest absolute Gasteiger partial charge is 0.481 e. The summed E-state index contributed by atoms with van der Waals surface area (Å²) in [4.78, 5) is 57.6. The van der Waals surface area contributed by atoms with Crippen molar-refractivity contribution in [2.45, 2.75) is 113 Å². The van der Waals surface area contributed by atoms with E-state index >= 15 is 0 Å². The van der Waals surface area contributed by atoms with E-state index in [1.54, 1.807) is 65.9 Å². The molecule has 0 aliphatic carbocycles. The van der Waals surface area contributed by atoms with Crippen molar-refractivity contribution in [1.29, 1.82) is 15.8 Å². The van der Waals surface area contributed by atoms with Crippen LogP contribution in [0.2, 0.25) is 0 Å². The van der Waals surface area contributed by atoms with Gasteiger partial charge in [-0.2, -0.15) is 31.1 Å².